The molecule has 0 amide bonds. The molecule has 0 spiro atoms. The molecule has 7 heteroatoms. The van der Waals surface area contributed by atoms with E-state index in [1.807, 2.05) is 52.0 Å². The molecule has 1 N–H and O–H groups in total. The maximum Gasteiger partial charge on any atom is 0.315 e. The predicted molar refractivity (Wildman–Crippen MR) is 140 cm³/mol. The maximum atomic E-state index is 13.7. The number of nitrogens with zero attached hydrogens (tertiary/aromatic N) is 1. The molecule has 2 aliphatic rings. The summed E-state index contributed by atoms with van der Waals surface area (Å²) in [5, 5.41) is 10.9. The van der Waals surface area contributed by atoms with Crippen LogP contribution in [0.2, 0.25) is 5.02 Å². The number of ether oxygens (including phenoxy) is 2. The Morgan fingerprint density at radius 1 is 1.14 bits per heavy atom. The summed E-state index contributed by atoms with van der Waals surface area (Å²) in [4.78, 5) is 31.9. The number of esters is 1. The van der Waals surface area contributed by atoms with Gasteiger partial charge in [0.1, 0.15) is 5.92 Å². The fourth-order valence-electron chi connectivity index (χ4n) is 5.05. The molecular weight excluding hydrogens is 478 g/mol. The maximum absolute atomic E-state index is 13.7. The first-order valence-corrected chi connectivity index (χ1v) is 12.8. The lowest BCUT2D eigenvalue weighted by Gasteiger charge is -2.37. The minimum Gasteiger partial charge on any atom is -0.504 e. The molecule has 190 valence electrons. The second kappa shape index (κ2) is 10.9. The highest BCUT2D eigenvalue weighted by Gasteiger charge is 2.45. The highest BCUT2D eigenvalue weighted by molar-refractivity contribution is 6.30. The van der Waals surface area contributed by atoms with Crippen LogP contribution in [0, 0.1) is 5.92 Å². The van der Waals surface area contributed by atoms with Crippen molar-refractivity contribution in [2.45, 2.75) is 64.9 Å². The van der Waals surface area contributed by atoms with Gasteiger partial charge in [0.25, 0.3) is 0 Å². The van der Waals surface area contributed by atoms with Crippen molar-refractivity contribution in [3.05, 3.63) is 69.9 Å². The van der Waals surface area contributed by atoms with Crippen molar-refractivity contribution >= 4 is 29.1 Å². The number of hydrogen-bond acceptors (Lipinski definition) is 6. The number of phenols is 1. The van der Waals surface area contributed by atoms with Gasteiger partial charge >= 0.3 is 5.97 Å². The topological polar surface area (TPSA) is 85.2 Å². The normalized spacial score (nSPS) is 22.5. The molecule has 1 heterocycles. The zero-order chi connectivity index (χ0) is 26.0. The number of halogens is 1. The fraction of sp³-hybridized carbons (Fsp3) is 0.414. The number of phenolic OH excluding ortho intramolecular Hbond substituents is 1. The molecule has 6 nitrogen and oxygen atoms in total. The van der Waals surface area contributed by atoms with E-state index in [4.69, 9.17) is 26.1 Å². The van der Waals surface area contributed by atoms with Gasteiger partial charge < -0.3 is 14.6 Å². The Kier molecular flexibility index (Phi) is 7.84. The van der Waals surface area contributed by atoms with Crippen molar-refractivity contribution in [1.82, 2.24) is 0 Å². The molecule has 4 rings (SSSR count). The smallest absolute Gasteiger partial charge is 0.315 e. The average molecular weight is 510 g/mol. The standard InChI is InChI=1S/C29H32ClNO5/c1-5-16(3)36-29(34)26-17(4)31-22-13-20(18-7-10-21(30)11-8-18)14-24(33)28(22)27(26)19-9-12-23(32)25(15-19)35-6-2/h7-12,15-16,20,26-27,32H,5-6,13-14H2,1-4H3/t16-,20+,26?,27+/m0/s1. The van der Waals surface area contributed by atoms with Gasteiger partial charge in [-0.05, 0) is 74.9 Å². The van der Waals surface area contributed by atoms with Gasteiger partial charge in [0.2, 0.25) is 0 Å². The van der Waals surface area contributed by atoms with Crippen molar-refractivity contribution in [2.75, 3.05) is 6.61 Å². The summed E-state index contributed by atoms with van der Waals surface area (Å²) >= 11 is 6.06. The Hall–Kier alpha value is -3.12. The molecule has 0 aromatic heterocycles. The molecule has 0 fully saturated rings. The van der Waals surface area contributed by atoms with Gasteiger partial charge in [-0.15, -0.1) is 0 Å². The Morgan fingerprint density at radius 3 is 2.50 bits per heavy atom. The highest BCUT2D eigenvalue weighted by Crippen LogP contribution is 2.48. The molecule has 0 bridgehead atoms. The SMILES string of the molecule is CCOc1cc([C@H]2C3=C(C[C@@H](c4ccc(Cl)cc4)CC3=O)N=C(C)C2C(=O)O[C@@H](C)CC)ccc1O. The molecule has 2 aromatic carbocycles. The lowest BCUT2D eigenvalue weighted by molar-refractivity contribution is -0.151. The van der Waals surface area contributed by atoms with Crippen molar-refractivity contribution < 1.29 is 24.2 Å². The summed E-state index contributed by atoms with van der Waals surface area (Å²) in [7, 11) is 0. The number of aromatic hydroxyl groups is 1. The van der Waals surface area contributed by atoms with Gasteiger partial charge in [0, 0.05) is 34.3 Å². The number of hydrogen-bond donors (Lipinski definition) is 1. The molecule has 1 aliphatic carbocycles. The number of ketones is 1. The van der Waals surface area contributed by atoms with Gasteiger partial charge in [-0.1, -0.05) is 36.7 Å². The number of rotatable bonds is 7. The lowest BCUT2D eigenvalue weighted by Crippen LogP contribution is -2.39. The molecule has 0 radical (unpaired) electrons. The van der Waals surface area contributed by atoms with E-state index in [-0.39, 0.29) is 23.6 Å². The third-order valence-corrected chi connectivity index (χ3v) is 7.27. The molecule has 0 saturated carbocycles. The number of carbonyl (C=O) groups is 2. The summed E-state index contributed by atoms with van der Waals surface area (Å²) in [5.74, 6) is -1.46. The summed E-state index contributed by atoms with van der Waals surface area (Å²) in [5.41, 5.74) is 3.60. The molecule has 1 unspecified atom stereocenters. The van der Waals surface area contributed by atoms with Crippen molar-refractivity contribution in [3.8, 4) is 11.5 Å². The average Bonchev–Trinajstić information content (AvgIpc) is 2.84. The van der Waals surface area contributed by atoms with Crippen molar-refractivity contribution in [1.29, 1.82) is 0 Å². The van der Waals surface area contributed by atoms with E-state index < -0.39 is 17.8 Å². The Labute approximate surface area is 217 Å². The summed E-state index contributed by atoms with van der Waals surface area (Å²) in [6, 6.07) is 12.6. The second-order valence-corrected chi connectivity index (χ2v) is 9.90. The van der Waals surface area contributed by atoms with E-state index >= 15 is 0 Å². The first-order valence-electron chi connectivity index (χ1n) is 12.5. The first-order chi connectivity index (χ1) is 17.2. The van der Waals surface area contributed by atoms with Crippen molar-refractivity contribution in [3.63, 3.8) is 0 Å². The van der Waals surface area contributed by atoms with E-state index in [2.05, 4.69) is 0 Å². The number of benzene rings is 2. The quantitative estimate of drug-likeness (QED) is 0.439. The molecule has 36 heavy (non-hydrogen) atoms. The van der Waals surface area contributed by atoms with Crippen LogP contribution in [0.3, 0.4) is 0 Å². The van der Waals surface area contributed by atoms with E-state index in [9.17, 15) is 14.7 Å². The third kappa shape index (κ3) is 5.19. The van der Waals surface area contributed by atoms with Crippen LogP contribution in [0.4, 0.5) is 0 Å². The van der Waals surface area contributed by atoms with E-state index in [1.165, 1.54) is 0 Å². The molecular formula is C29H32ClNO5. The zero-order valence-corrected chi connectivity index (χ0v) is 21.8. The van der Waals surface area contributed by atoms with Crippen LogP contribution in [-0.2, 0) is 14.3 Å². The van der Waals surface area contributed by atoms with E-state index in [0.717, 1.165) is 5.56 Å². The largest absolute Gasteiger partial charge is 0.504 e. The molecule has 2 aromatic rings. The van der Waals surface area contributed by atoms with Crippen molar-refractivity contribution in [2.24, 2.45) is 10.9 Å². The van der Waals surface area contributed by atoms with Crippen LogP contribution < -0.4 is 4.74 Å². The zero-order valence-electron chi connectivity index (χ0n) is 21.1. The number of aliphatic imine (C=N–C) groups is 1. The van der Waals surface area contributed by atoms with E-state index in [0.29, 0.717) is 59.2 Å². The summed E-state index contributed by atoms with van der Waals surface area (Å²) in [6.07, 6.45) is 1.33. The second-order valence-electron chi connectivity index (χ2n) is 9.46. The Balaban J connectivity index is 1.80. The minimum absolute atomic E-state index is 0.00695. The van der Waals surface area contributed by atoms with E-state index in [1.54, 1.807) is 18.2 Å². The van der Waals surface area contributed by atoms with Gasteiger partial charge in [0.05, 0.1) is 12.7 Å². The molecule has 1 aliphatic heterocycles. The lowest BCUT2D eigenvalue weighted by atomic mass is 9.69. The first kappa shape index (κ1) is 26.0. The van der Waals surface area contributed by atoms with Crippen LogP contribution in [0.1, 0.15) is 69.9 Å². The molecule has 0 saturated heterocycles. The van der Waals surface area contributed by atoms with Gasteiger partial charge in [-0.2, -0.15) is 0 Å². The monoisotopic (exact) mass is 509 g/mol. The van der Waals surface area contributed by atoms with Crippen LogP contribution in [0.25, 0.3) is 0 Å². The number of allylic oxidation sites excluding steroid dienone is 2. The molecule has 4 atom stereocenters. The van der Waals surface area contributed by atoms with Gasteiger partial charge in [0.15, 0.2) is 17.3 Å². The number of Topliss-reactive ketones (excluding diaryl/α,β-unsaturated/α-hetero) is 1. The number of carbonyl (C=O) groups excluding carboxylic acids is 2. The Bertz CT molecular complexity index is 1220. The Morgan fingerprint density at radius 2 is 1.83 bits per heavy atom. The predicted octanol–water partition coefficient (Wildman–Crippen LogP) is 6.36. The highest BCUT2D eigenvalue weighted by atomic mass is 35.5. The van der Waals surface area contributed by atoms with Gasteiger partial charge in [-0.3, -0.25) is 14.6 Å². The fourth-order valence-corrected chi connectivity index (χ4v) is 5.17. The summed E-state index contributed by atoms with van der Waals surface area (Å²) < 4.78 is 11.3. The third-order valence-electron chi connectivity index (χ3n) is 7.02. The van der Waals surface area contributed by atoms with Gasteiger partial charge in [-0.25, -0.2) is 0 Å². The minimum atomic E-state index is -0.743. The van der Waals surface area contributed by atoms with Crippen LogP contribution >= 0.6 is 11.6 Å². The van der Waals surface area contributed by atoms with Crippen LogP contribution in [-0.4, -0.2) is 35.3 Å². The summed E-state index contributed by atoms with van der Waals surface area (Å²) in [6.45, 7) is 7.83. The van der Waals surface area contributed by atoms with Crippen LogP contribution in [0.5, 0.6) is 11.5 Å². The van der Waals surface area contributed by atoms with Crippen LogP contribution in [0.15, 0.2) is 58.7 Å².